The first kappa shape index (κ1) is 26.8. The summed E-state index contributed by atoms with van der Waals surface area (Å²) in [5, 5.41) is 2.79. The van der Waals surface area contributed by atoms with Crippen LogP contribution in [0, 0.1) is 0 Å². The molecule has 0 radical (unpaired) electrons. The van der Waals surface area contributed by atoms with Gasteiger partial charge in [-0.15, -0.1) is 0 Å². The highest BCUT2D eigenvalue weighted by Gasteiger charge is 2.28. The molecule has 1 aliphatic heterocycles. The molecule has 1 N–H and O–H groups in total. The number of carbonyl (C=O) groups excluding carboxylic acids is 2. The number of nitrogens with one attached hydrogen (secondary N) is 1. The number of nitrogens with zero attached hydrogens (tertiary/aromatic N) is 3. The molecule has 1 aliphatic rings. The average molecular weight is 545 g/mol. The maximum Gasteiger partial charge on any atom is 0.515 e. The highest BCUT2D eigenvalue weighted by Crippen LogP contribution is 2.33. The molecular weight excluding hydrogens is 519 g/mol. The maximum atomic E-state index is 13.4. The van der Waals surface area contributed by atoms with Crippen molar-refractivity contribution in [3.63, 3.8) is 0 Å². The predicted molar refractivity (Wildman–Crippen MR) is 140 cm³/mol. The number of aromatic nitrogens is 2. The fraction of sp³-hybridized carbons (Fsp3) is 0.308. The van der Waals surface area contributed by atoms with Gasteiger partial charge in [0.25, 0.3) is 11.8 Å². The van der Waals surface area contributed by atoms with Gasteiger partial charge >= 0.3 is 6.16 Å². The predicted octanol–water partition coefficient (Wildman–Crippen LogP) is 5.41. The lowest BCUT2D eigenvalue weighted by atomic mass is 10.0. The Hall–Kier alpha value is -3.24. The Kier molecular flexibility index (Phi) is 8.29. The lowest BCUT2D eigenvalue weighted by Crippen LogP contribution is -2.48. The molecule has 11 heteroatoms. The van der Waals surface area contributed by atoms with E-state index < -0.39 is 17.7 Å². The number of amides is 1. The highest BCUT2D eigenvalue weighted by molar-refractivity contribution is 6.31. The van der Waals surface area contributed by atoms with Gasteiger partial charge in [-0.3, -0.25) is 10.2 Å². The Morgan fingerprint density at radius 3 is 1.92 bits per heavy atom. The van der Waals surface area contributed by atoms with Crippen molar-refractivity contribution >= 4 is 35.3 Å². The highest BCUT2D eigenvalue weighted by atomic mass is 35.5. The molecule has 37 heavy (non-hydrogen) atoms. The zero-order chi connectivity index (χ0) is 26.6. The van der Waals surface area contributed by atoms with Crippen LogP contribution in [0.25, 0.3) is 22.5 Å². The number of hydrogen-bond acceptors (Lipinski definition) is 8. The lowest BCUT2D eigenvalue weighted by Gasteiger charge is -2.27. The molecule has 1 fully saturated rings. The molecule has 0 saturated carbocycles. The van der Waals surface area contributed by atoms with Crippen molar-refractivity contribution in [1.82, 2.24) is 20.4 Å². The van der Waals surface area contributed by atoms with E-state index in [9.17, 15) is 9.59 Å². The summed E-state index contributed by atoms with van der Waals surface area (Å²) in [5.41, 5.74) is 3.87. The van der Waals surface area contributed by atoms with Gasteiger partial charge in [0.15, 0.2) is 5.69 Å². The summed E-state index contributed by atoms with van der Waals surface area (Å²) >= 11 is 12.2. The first-order chi connectivity index (χ1) is 17.6. The second-order valence-electron chi connectivity index (χ2n) is 9.20. The monoisotopic (exact) mass is 544 g/mol. The van der Waals surface area contributed by atoms with Gasteiger partial charge in [0.1, 0.15) is 11.3 Å². The van der Waals surface area contributed by atoms with Crippen LogP contribution in [0.15, 0.2) is 48.5 Å². The van der Waals surface area contributed by atoms with Crippen LogP contribution in [-0.4, -0.2) is 58.9 Å². The fourth-order valence-corrected chi connectivity index (χ4v) is 3.73. The molecule has 3 aromatic rings. The summed E-state index contributed by atoms with van der Waals surface area (Å²) in [4.78, 5) is 35.2. The third kappa shape index (κ3) is 7.17. The Labute approximate surface area is 224 Å². The van der Waals surface area contributed by atoms with Crippen LogP contribution in [0.5, 0.6) is 5.88 Å². The minimum atomic E-state index is -1.01. The van der Waals surface area contributed by atoms with E-state index in [0.29, 0.717) is 58.9 Å². The Bertz CT molecular complexity index is 1270. The molecule has 2 heterocycles. The third-order valence-corrected chi connectivity index (χ3v) is 5.66. The topological polar surface area (TPSA) is 103 Å². The molecule has 0 aliphatic carbocycles. The van der Waals surface area contributed by atoms with Crippen molar-refractivity contribution in [1.29, 1.82) is 0 Å². The molecule has 9 nitrogen and oxygen atoms in total. The SMILES string of the molecule is CC(C)(C)OC(=O)Oc1nc(-c2ccc(Cl)cc2)c(-c2ccc(Cl)cc2)nc1C(=O)NN1CCOCC1. The molecule has 0 atom stereocenters. The zero-order valence-corrected chi connectivity index (χ0v) is 22.1. The minimum Gasteiger partial charge on any atom is -0.428 e. The second-order valence-corrected chi connectivity index (χ2v) is 10.1. The number of rotatable bonds is 5. The van der Waals surface area contributed by atoms with Gasteiger partial charge in [-0.1, -0.05) is 47.5 Å². The van der Waals surface area contributed by atoms with Gasteiger partial charge in [-0.2, -0.15) is 0 Å². The van der Waals surface area contributed by atoms with Crippen molar-refractivity contribution in [2.75, 3.05) is 26.3 Å². The third-order valence-electron chi connectivity index (χ3n) is 5.15. The molecule has 2 aromatic carbocycles. The second kappa shape index (κ2) is 11.4. The van der Waals surface area contributed by atoms with E-state index >= 15 is 0 Å². The standard InChI is InChI=1S/C26H26Cl2N4O5/c1-26(2,3)37-25(34)36-24-22(23(33)31-32-12-14-35-15-13-32)29-20(16-4-8-18(27)9-5-16)21(30-24)17-6-10-19(28)11-7-17/h4-11H,12-15H2,1-3H3,(H,31,33). The number of ether oxygens (including phenoxy) is 3. The lowest BCUT2D eigenvalue weighted by molar-refractivity contribution is 0.0120. The number of halogens is 2. The van der Waals surface area contributed by atoms with Crippen LogP contribution < -0.4 is 10.2 Å². The first-order valence-electron chi connectivity index (χ1n) is 11.6. The maximum absolute atomic E-state index is 13.4. The first-order valence-corrected chi connectivity index (χ1v) is 12.3. The van der Waals surface area contributed by atoms with E-state index in [-0.39, 0.29) is 11.6 Å². The summed E-state index contributed by atoms with van der Waals surface area (Å²) in [5.74, 6) is -0.881. The normalized spacial score (nSPS) is 14.2. The number of benzene rings is 2. The van der Waals surface area contributed by atoms with Crippen LogP contribution >= 0.6 is 23.2 Å². The molecule has 1 saturated heterocycles. The summed E-state index contributed by atoms with van der Waals surface area (Å²) in [6.07, 6.45) is -1.01. The molecule has 0 unspecified atom stereocenters. The van der Waals surface area contributed by atoms with Crippen molar-refractivity contribution in [3.05, 3.63) is 64.3 Å². The molecular formula is C26H26Cl2N4O5. The Balaban J connectivity index is 1.84. The van der Waals surface area contributed by atoms with E-state index in [1.807, 2.05) is 0 Å². The molecule has 1 aromatic heterocycles. The van der Waals surface area contributed by atoms with Crippen molar-refractivity contribution < 1.29 is 23.8 Å². The van der Waals surface area contributed by atoms with Gasteiger partial charge in [0, 0.05) is 34.3 Å². The average Bonchev–Trinajstić information content (AvgIpc) is 2.84. The van der Waals surface area contributed by atoms with Crippen molar-refractivity contribution in [3.8, 4) is 28.4 Å². The number of hydrogen-bond donors (Lipinski definition) is 1. The number of carbonyl (C=O) groups is 2. The van der Waals surface area contributed by atoms with Crippen LogP contribution in [0.4, 0.5) is 4.79 Å². The minimum absolute atomic E-state index is 0.181. The largest absolute Gasteiger partial charge is 0.515 e. The van der Waals surface area contributed by atoms with E-state index in [1.165, 1.54) is 0 Å². The molecule has 194 valence electrons. The van der Waals surface area contributed by atoms with Gasteiger partial charge in [0.2, 0.25) is 0 Å². The summed E-state index contributed by atoms with van der Waals surface area (Å²) in [7, 11) is 0. The van der Waals surface area contributed by atoms with Crippen molar-refractivity contribution in [2.45, 2.75) is 26.4 Å². The van der Waals surface area contributed by atoms with E-state index in [4.69, 9.17) is 37.4 Å². The Morgan fingerprint density at radius 2 is 1.41 bits per heavy atom. The molecule has 4 rings (SSSR count). The quantitative estimate of drug-likeness (QED) is 0.425. The van der Waals surface area contributed by atoms with Crippen molar-refractivity contribution in [2.24, 2.45) is 0 Å². The van der Waals surface area contributed by atoms with Crippen LogP contribution in [0.1, 0.15) is 31.3 Å². The van der Waals surface area contributed by atoms with Crippen LogP contribution in [-0.2, 0) is 9.47 Å². The summed E-state index contributed by atoms with van der Waals surface area (Å²) in [6, 6.07) is 13.9. The fourth-order valence-electron chi connectivity index (χ4n) is 3.48. The van der Waals surface area contributed by atoms with E-state index in [0.717, 1.165) is 0 Å². The summed E-state index contributed by atoms with van der Waals surface area (Å²) in [6.45, 7) is 7.04. The van der Waals surface area contributed by atoms with Crippen LogP contribution in [0.3, 0.4) is 0 Å². The van der Waals surface area contributed by atoms with Gasteiger partial charge in [0.05, 0.1) is 18.9 Å². The smallest absolute Gasteiger partial charge is 0.428 e. The molecule has 0 spiro atoms. The van der Waals surface area contributed by atoms with Gasteiger partial charge in [-0.05, 0) is 45.0 Å². The molecule has 1 amide bonds. The van der Waals surface area contributed by atoms with E-state index in [2.05, 4.69) is 15.4 Å². The number of morpholine rings is 1. The van der Waals surface area contributed by atoms with Gasteiger partial charge < -0.3 is 14.2 Å². The van der Waals surface area contributed by atoms with E-state index in [1.54, 1.807) is 74.3 Å². The Morgan fingerprint density at radius 1 is 0.892 bits per heavy atom. The molecule has 0 bridgehead atoms. The summed E-state index contributed by atoms with van der Waals surface area (Å²) < 4.78 is 16.1. The van der Waals surface area contributed by atoms with Gasteiger partial charge in [-0.25, -0.2) is 19.8 Å². The zero-order valence-electron chi connectivity index (χ0n) is 20.6. The van der Waals surface area contributed by atoms with Crippen LogP contribution in [0.2, 0.25) is 10.0 Å². The number of hydrazine groups is 1.